The first kappa shape index (κ1) is 19.4. The highest BCUT2D eigenvalue weighted by Gasteiger charge is 2.51. The predicted molar refractivity (Wildman–Crippen MR) is 120 cm³/mol. The van der Waals surface area contributed by atoms with E-state index in [0.29, 0.717) is 23.2 Å². The average molecular weight is 456 g/mol. The van der Waals surface area contributed by atoms with E-state index in [1.165, 1.54) is 5.56 Å². The van der Waals surface area contributed by atoms with Crippen LogP contribution in [0.4, 0.5) is 0 Å². The lowest BCUT2D eigenvalue weighted by molar-refractivity contribution is 0.0977. The Hall–Kier alpha value is -1.89. The van der Waals surface area contributed by atoms with Gasteiger partial charge in [-0.05, 0) is 29.8 Å². The largest absolute Gasteiger partial charge is 0.301 e. The summed E-state index contributed by atoms with van der Waals surface area (Å²) >= 11 is 5.30. The van der Waals surface area contributed by atoms with Gasteiger partial charge in [0, 0.05) is 42.1 Å². The first-order chi connectivity index (χ1) is 13.6. The number of hydrogen-bond acceptors (Lipinski definition) is 4. The Morgan fingerprint density at radius 3 is 2.89 bits per heavy atom. The maximum atomic E-state index is 12.6. The summed E-state index contributed by atoms with van der Waals surface area (Å²) in [6, 6.07) is 17.8. The van der Waals surface area contributed by atoms with E-state index in [1.807, 2.05) is 42.5 Å². The molecule has 1 N–H and O–H groups in total. The highest BCUT2D eigenvalue weighted by Crippen LogP contribution is 2.51. The first-order valence-electron chi connectivity index (χ1n) is 9.30. The van der Waals surface area contributed by atoms with Gasteiger partial charge in [0.05, 0.1) is 4.75 Å². The minimum Gasteiger partial charge on any atom is -0.301 e. The third-order valence-electron chi connectivity index (χ3n) is 5.29. The van der Waals surface area contributed by atoms with Gasteiger partial charge in [0.25, 0.3) is 5.91 Å². The Bertz CT molecular complexity index is 917. The molecule has 0 spiro atoms. The zero-order chi connectivity index (χ0) is 19.6. The molecule has 0 unspecified atom stereocenters. The molecule has 0 aliphatic carbocycles. The second kappa shape index (κ2) is 8.23. The molecule has 2 aliphatic rings. The van der Waals surface area contributed by atoms with Gasteiger partial charge < -0.3 is 5.32 Å². The minimum atomic E-state index is -0.131. The monoisotopic (exact) mass is 455 g/mol. The van der Waals surface area contributed by atoms with Crippen LogP contribution in [-0.2, 0) is 4.75 Å². The summed E-state index contributed by atoms with van der Waals surface area (Å²) in [5.41, 5.74) is 1.91. The molecule has 2 aliphatic heterocycles. The molecule has 4 nitrogen and oxygen atoms in total. The molecule has 1 saturated heterocycles. The number of nitrogens with zero attached hydrogens (tertiary/aromatic N) is 2. The predicted octanol–water partition coefficient (Wildman–Crippen LogP) is 4.30. The zero-order valence-corrected chi connectivity index (χ0v) is 17.9. The molecule has 2 atom stereocenters. The number of thioether (sulfide) groups is 1. The molecule has 2 heterocycles. The number of carbonyl (C=O) groups excluding carboxylic acids is 1. The third-order valence-corrected chi connectivity index (χ3v) is 7.27. The number of fused-ring (bicyclic) bond motifs is 1. The van der Waals surface area contributed by atoms with E-state index in [1.54, 1.807) is 11.8 Å². The molecule has 28 heavy (non-hydrogen) atoms. The SMILES string of the molecule is C=CCN1C[C@@H]2CN=C(NC(=O)c3ccccc3)S[C@@]2(c2cccc(Br)c2)C1. The van der Waals surface area contributed by atoms with E-state index < -0.39 is 0 Å². The van der Waals surface area contributed by atoms with Gasteiger partial charge in [0.2, 0.25) is 0 Å². The molecule has 0 bridgehead atoms. The molecule has 4 rings (SSSR count). The molecule has 1 fully saturated rings. The van der Waals surface area contributed by atoms with Crippen LogP contribution >= 0.6 is 27.7 Å². The summed E-state index contributed by atoms with van der Waals surface area (Å²) in [6.07, 6.45) is 1.95. The first-order valence-corrected chi connectivity index (χ1v) is 10.9. The molecular formula is C22H22BrN3OS. The maximum absolute atomic E-state index is 12.6. The minimum absolute atomic E-state index is 0.115. The van der Waals surface area contributed by atoms with Gasteiger partial charge >= 0.3 is 0 Å². The van der Waals surface area contributed by atoms with Crippen LogP contribution in [0.25, 0.3) is 0 Å². The van der Waals surface area contributed by atoms with Crippen LogP contribution in [-0.4, -0.2) is 42.2 Å². The summed E-state index contributed by atoms with van der Waals surface area (Å²) in [5.74, 6) is 0.278. The summed E-state index contributed by atoms with van der Waals surface area (Å²) < 4.78 is 0.937. The number of rotatable bonds is 4. The smallest absolute Gasteiger partial charge is 0.257 e. The average Bonchev–Trinajstić information content (AvgIpc) is 3.07. The topological polar surface area (TPSA) is 44.7 Å². The lowest BCUT2D eigenvalue weighted by Crippen LogP contribution is -2.42. The van der Waals surface area contributed by atoms with Crippen molar-refractivity contribution in [3.05, 3.63) is 82.9 Å². The Morgan fingerprint density at radius 2 is 2.14 bits per heavy atom. The Morgan fingerprint density at radius 1 is 1.32 bits per heavy atom. The van der Waals surface area contributed by atoms with Crippen LogP contribution < -0.4 is 5.32 Å². The number of carbonyl (C=O) groups is 1. The third kappa shape index (κ3) is 3.81. The lowest BCUT2D eigenvalue weighted by atomic mass is 9.87. The summed E-state index contributed by atoms with van der Waals surface area (Å²) in [4.78, 5) is 19.8. The Balaban J connectivity index is 1.62. The number of benzene rings is 2. The Labute approximate surface area is 178 Å². The van der Waals surface area contributed by atoms with E-state index in [0.717, 1.165) is 24.1 Å². The lowest BCUT2D eigenvalue weighted by Gasteiger charge is -2.37. The van der Waals surface area contributed by atoms with Crippen LogP contribution in [0, 0.1) is 5.92 Å². The van der Waals surface area contributed by atoms with Crippen molar-refractivity contribution in [3.63, 3.8) is 0 Å². The molecule has 0 saturated carbocycles. The highest BCUT2D eigenvalue weighted by atomic mass is 79.9. The second-order valence-electron chi connectivity index (χ2n) is 7.15. The van der Waals surface area contributed by atoms with Crippen molar-refractivity contribution in [1.82, 2.24) is 10.2 Å². The van der Waals surface area contributed by atoms with E-state index in [4.69, 9.17) is 4.99 Å². The number of aliphatic imine (C=N–C) groups is 1. The summed E-state index contributed by atoms with van der Waals surface area (Å²) in [6.45, 7) is 7.35. The summed E-state index contributed by atoms with van der Waals surface area (Å²) in [7, 11) is 0. The molecule has 0 aromatic heterocycles. The normalized spacial score (nSPS) is 24.3. The van der Waals surface area contributed by atoms with Crippen LogP contribution in [0.5, 0.6) is 0 Å². The van der Waals surface area contributed by atoms with E-state index in [2.05, 4.69) is 50.9 Å². The van der Waals surface area contributed by atoms with Crippen LogP contribution in [0.15, 0.2) is 76.7 Å². The van der Waals surface area contributed by atoms with Gasteiger partial charge in [0.1, 0.15) is 0 Å². The van der Waals surface area contributed by atoms with Crippen molar-refractivity contribution in [1.29, 1.82) is 0 Å². The van der Waals surface area contributed by atoms with Crippen LogP contribution in [0.2, 0.25) is 0 Å². The van der Waals surface area contributed by atoms with Crippen molar-refractivity contribution in [3.8, 4) is 0 Å². The molecule has 2 aromatic rings. The van der Waals surface area contributed by atoms with Crippen molar-refractivity contribution in [2.24, 2.45) is 10.9 Å². The van der Waals surface area contributed by atoms with Gasteiger partial charge in [-0.25, -0.2) is 0 Å². The van der Waals surface area contributed by atoms with E-state index >= 15 is 0 Å². The van der Waals surface area contributed by atoms with Crippen molar-refractivity contribution in [2.75, 3.05) is 26.2 Å². The number of likely N-dealkylation sites (tertiary alicyclic amines) is 1. The van der Waals surface area contributed by atoms with Gasteiger partial charge in [-0.2, -0.15) is 0 Å². The fraction of sp³-hybridized carbons (Fsp3) is 0.273. The molecule has 1 amide bonds. The number of halogens is 1. The standard InChI is InChI=1S/C22H22BrN3OS/c1-2-11-26-14-18-13-24-21(25-20(27)16-7-4-3-5-8-16)28-22(18,15-26)17-9-6-10-19(23)12-17/h2-10,12,18H,1,11,13-15H2,(H,24,25,27)/t18-,22+/m0/s1. The molecule has 2 aromatic carbocycles. The van der Waals surface area contributed by atoms with Gasteiger partial charge in [-0.3, -0.25) is 14.7 Å². The molecule has 144 valence electrons. The van der Waals surface area contributed by atoms with Gasteiger partial charge in [0.15, 0.2) is 5.17 Å². The van der Waals surface area contributed by atoms with Crippen LogP contribution in [0.3, 0.4) is 0 Å². The molecular weight excluding hydrogens is 434 g/mol. The summed E-state index contributed by atoms with van der Waals surface area (Å²) in [5, 5.41) is 3.73. The van der Waals surface area contributed by atoms with E-state index in [9.17, 15) is 4.79 Å². The molecule has 6 heteroatoms. The zero-order valence-electron chi connectivity index (χ0n) is 15.5. The Kier molecular flexibility index (Phi) is 5.71. The van der Waals surface area contributed by atoms with Crippen molar-refractivity contribution in [2.45, 2.75) is 4.75 Å². The van der Waals surface area contributed by atoms with E-state index in [-0.39, 0.29) is 10.7 Å². The van der Waals surface area contributed by atoms with Crippen LogP contribution in [0.1, 0.15) is 15.9 Å². The highest BCUT2D eigenvalue weighted by molar-refractivity contribution is 9.10. The number of amides is 1. The van der Waals surface area contributed by atoms with Crippen molar-refractivity contribution >= 4 is 38.8 Å². The molecule has 0 radical (unpaired) electrons. The number of amidine groups is 1. The quantitative estimate of drug-likeness (QED) is 0.699. The fourth-order valence-corrected chi connectivity index (χ4v) is 5.82. The van der Waals surface area contributed by atoms with Gasteiger partial charge in [-0.1, -0.05) is 64.1 Å². The number of hydrogen-bond donors (Lipinski definition) is 1. The van der Waals surface area contributed by atoms with Crippen molar-refractivity contribution < 1.29 is 4.79 Å². The van der Waals surface area contributed by atoms with Gasteiger partial charge in [-0.15, -0.1) is 6.58 Å². The second-order valence-corrected chi connectivity index (χ2v) is 9.38. The maximum Gasteiger partial charge on any atom is 0.257 e. The fourth-order valence-electron chi connectivity index (χ4n) is 3.99. The number of nitrogens with one attached hydrogen (secondary N) is 1.